The van der Waals surface area contributed by atoms with Crippen LogP contribution in [0, 0.1) is 10.1 Å². The molecule has 5 heteroatoms. The number of ether oxygens (including phenoxy) is 1. The SMILES string of the molecule is C=CCCCCCOc1ccc(CN)cc1[N+](=O)[O-]. The number of allylic oxidation sites excluding steroid dienone is 1. The number of rotatable bonds is 9. The normalized spacial score (nSPS) is 10.2. The van der Waals surface area contributed by atoms with Gasteiger partial charge in [0.05, 0.1) is 11.5 Å². The average molecular weight is 264 g/mol. The van der Waals surface area contributed by atoms with Crippen molar-refractivity contribution in [3.8, 4) is 5.75 Å². The number of nitrogens with zero attached hydrogens (tertiary/aromatic N) is 1. The molecule has 104 valence electrons. The van der Waals surface area contributed by atoms with E-state index >= 15 is 0 Å². The Morgan fingerprint density at radius 3 is 2.79 bits per heavy atom. The highest BCUT2D eigenvalue weighted by molar-refractivity contribution is 5.48. The van der Waals surface area contributed by atoms with Crippen molar-refractivity contribution < 1.29 is 9.66 Å². The smallest absolute Gasteiger partial charge is 0.311 e. The Bertz CT molecular complexity index is 433. The number of nitro groups is 1. The Labute approximate surface area is 113 Å². The molecule has 0 amide bonds. The van der Waals surface area contributed by atoms with Gasteiger partial charge in [-0.05, 0) is 37.3 Å². The van der Waals surface area contributed by atoms with E-state index < -0.39 is 4.92 Å². The van der Waals surface area contributed by atoms with E-state index in [1.165, 1.54) is 6.07 Å². The first kappa shape index (κ1) is 15.2. The van der Waals surface area contributed by atoms with E-state index in [1.807, 2.05) is 6.08 Å². The van der Waals surface area contributed by atoms with Crippen LogP contribution in [0.3, 0.4) is 0 Å². The third kappa shape index (κ3) is 5.09. The molecule has 0 atom stereocenters. The van der Waals surface area contributed by atoms with Gasteiger partial charge in [-0.1, -0.05) is 12.1 Å². The van der Waals surface area contributed by atoms with Crippen LogP contribution in [-0.2, 0) is 6.54 Å². The van der Waals surface area contributed by atoms with Crippen LogP contribution in [0.5, 0.6) is 5.75 Å². The molecule has 1 aromatic rings. The summed E-state index contributed by atoms with van der Waals surface area (Å²) in [6.45, 7) is 4.42. The Morgan fingerprint density at radius 1 is 1.37 bits per heavy atom. The second-order valence-electron chi connectivity index (χ2n) is 4.25. The van der Waals surface area contributed by atoms with Crippen molar-refractivity contribution >= 4 is 5.69 Å². The molecular formula is C14H20N2O3. The number of nitrogens with two attached hydrogens (primary N) is 1. The van der Waals surface area contributed by atoms with Crippen LogP contribution in [0.4, 0.5) is 5.69 Å². The third-order valence-corrected chi connectivity index (χ3v) is 2.77. The largest absolute Gasteiger partial charge is 0.487 e. The molecule has 0 bridgehead atoms. The zero-order chi connectivity index (χ0) is 14.1. The summed E-state index contributed by atoms with van der Waals surface area (Å²) in [5.74, 6) is 0.311. The fourth-order valence-corrected chi connectivity index (χ4v) is 1.70. The van der Waals surface area contributed by atoms with Crippen molar-refractivity contribution in [3.63, 3.8) is 0 Å². The molecule has 2 N–H and O–H groups in total. The van der Waals surface area contributed by atoms with Gasteiger partial charge in [-0.15, -0.1) is 6.58 Å². The van der Waals surface area contributed by atoms with Crippen LogP contribution < -0.4 is 10.5 Å². The zero-order valence-electron chi connectivity index (χ0n) is 11.0. The molecule has 19 heavy (non-hydrogen) atoms. The van der Waals surface area contributed by atoms with Gasteiger partial charge < -0.3 is 10.5 Å². The van der Waals surface area contributed by atoms with Crippen molar-refractivity contribution in [3.05, 3.63) is 46.5 Å². The molecule has 0 aliphatic rings. The first-order valence-electron chi connectivity index (χ1n) is 6.40. The van der Waals surface area contributed by atoms with Gasteiger partial charge in [-0.3, -0.25) is 10.1 Å². The fourth-order valence-electron chi connectivity index (χ4n) is 1.70. The maximum Gasteiger partial charge on any atom is 0.311 e. The van der Waals surface area contributed by atoms with Gasteiger partial charge in [0.1, 0.15) is 0 Å². The highest BCUT2D eigenvalue weighted by Gasteiger charge is 2.15. The van der Waals surface area contributed by atoms with Gasteiger partial charge in [0.15, 0.2) is 5.75 Å². The summed E-state index contributed by atoms with van der Waals surface area (Å²) in [6.07, 6.45) is 5.86. The lowest BCUT2D eigenvalue weighted by Crippen LogP contribution is -2.03. The van der Waals surface area contributed by atoms with E-state index in [1.54, 1.807) is 12.1 Å². The highest BCUT2D eigenvalue weighted by atomic mass is 16.6. The highest BCUT2D eigenvalue weighted by Crippen LogP contribution is 2.28. The molecular weight excluding hydrogens is 244 g/mol. The first-order valence-corrected chi connectivity index (χ1v) is 6.40. The summed E-state index contributed by atoms with van der Waals surface area (Å²) in [4.78, 5) is 10.5. The topological polar surface area (TPSA) is 78.4 Å². The summed E-state index contributed by atoms with van der Waals surface area (Å²) in [6, 6.07) is 4.83. The zero-order valence-corrected chi connectivity index (χ0v) is 11.0. The van der Waals surface area contributed by atoms with Crippen LogP contribution in [0.25, 0.3) is 0 Å². The molecule has 0 saturated carbocycles. The maximum absolute atomic E-state index is 10.9. The van der Waals surface area contributed by atoms with E-state index in [0.717, 1.165) is 31.2 Å². The Balaban J connectivity index is 2.52. The number of benzene rings is 1. The molecule has 0 aliphatic carbocycles. The summed E-state index contributed by atoms with van der Waals surface area (Å²) >= 11 is 0. The van der Waals surface area contributed by atoms with Gasteiger partial charge in [0, 0.05) is 12.6 Å². The number of unbranched alkanes of at least 4 members (excludes halogenated alkanes) is 3. The number of nitro benzene ring substituents is 1. The molecule has 1 aromatic carbocycles. The minimum atomic E-state index is -0.438. The predicted octanol–water partition coefficient (Wildman–Crippen LogP) is 3.18. The summed E-state index contributed by atoms with van der Waals surface area (Å²) in [5, 5.41) is 10.9. The van der Waals surface area contributed by atoms with Gasteiger partial charge in [0.2, 0.25) is 0 Å². The average Bonchev–Trinajstić information content (AvgIpc) is 2.42. The Hall–Kier alpha value is -1.88. The summed E-state index contributed by atoms with van der Waals surface area (Å²) in [7, 11) is 0. The molecule has 0 heterocycles. The fraction of sp³-hybridized carbons (Fsp3) is 0.429. The minimum Gasteiger partial charge on any atom is -0.487 e. The van der Waals surface area contributed by atoms with Crippen molar-refractivity contribution in [1.29, 1.82) is 0 Å². The lowest BCUT2D eigenvalue weighted by molar-refractivity contribution is -0.385. The molecule has 0 radical (unpaired) electrons. The monoisotopic (exact) mass is 264 g/mol. The van der Waals surface area contributed by atoms with E-state index in [9.17, 15) is 10.1 Å². The second kappa shape index (κ2) is 8.26. The van der Waals surface area contributed by atoms with Gasteiger partial charge >= 0.3 is 5.69 Å². The molecule has 0 fully saturated rings. The van der Waals surface area contributed by atoms with Crippen LogP contribution >= 0.6 is 0 Å². The standard InChI is InChI=1S/C14H20N2O3/c1-2-3-4-5-6-9-19-14-8-7-12(11-15)10-13(14)16(17)18/h2,7-8,10H,1,3-6,9,11,15H2. The molecule has 0 saturated heterocycles. The maximum atomic E-state index is 10.9. The molecule has 0 aliphatic heterocycles. The van der Waals surface area contributed by atoms with Crippen LogP contribution in [0.2, 0.25) is 0 Å². The lowest BCUT2D eigenvalue weighted by Gasteiger charge is -2.07. The Kier molecular flexibility index (Phi) is 6.60. The number of hydrogen-bond donors (Lipinski definition) is 1. The first-order chi connectivity index (χ1) is 9.19. The van der Waals surface area contributed by atoms with Crippen LogP contribution in [-0.4, -0.2) is 11.5 Å². The van der Waals surface area contributed by atoms with Gasteiger partial charge in [-0.2, -0.15) is 0 Å². The van der Waals surface area contributed by atoms with Crippen molar-refractivity contribution in [1.82, 2.24) is 0 Å². The third-order valence-electron chi connectivity index (χ3n) is 2.77. The van der Waals surface area contributed by atoms with Crippen molar-refractivity contribution in [2.24, 2.45) is 5.73 Å². The molecule has 5 nitrogen and oxygen atoms in total. The molecule has 0 aromatic heterocycles. The summed E-state index contributed by atoms with van der Waals surface area (Å²) in [5.41, 5.74) is 6.17. The van der Waals surface area contributed by atoms with E-state index in [4.69, 9.17) is 10.5 Å². The minimum absolute atomic E-state index is 0.0194. The Morgan fingerprint density at radius 2 is 2.16 bits per heavy atom. The van der Waals surface area contributed by atoms with Gasteiger partial charge in [-0.25, -0.2) is 0 Å². The lowest BCUT2D eigenvalue weighted by atomic mass is 10.2. The number of hydrogen-bond acceptors (Lipinski definition) is 4. The second-order valence-corrected chi connectivity index (χ2v) is 4.25. The van der Waals surface area contributed by atoms with E-state index in [-0.39, 0.29) is 12.2 Å². The molecule has 1 rings (SSSR count). The molecule has 0 unspecified atom stereocenters. The van der Waals surface area contributed by atoms with Crippen LogP contribution in [0.1, 0.15) is 31.2 Å². The van der Waals surface area contributed by atoms with E-state index in [0.29, 0.717) is 12.4 Å². The van der Waals surface area contributed by atoms with Crippen molar-refractivity contribution in [2.75, 3.05) is 6.61 Å². The van der Waals surface area contributed by atoms with Crippen LogP contribution in [0.15, 0.2) is 30.9 Å². The van der Waals surface area contributed by atoms with E-state index in [2.05, 4.69) is 6.58 Å². The van der Waals surface area contributed by atoms with Crippen molar-refractivity contribution in [2.45, 2.75) is 32.2 Å². The quantitative estimate of drug-likeness (QED) is 0.321. The summed E-state index contributed by atoms with van der Waals surface area (Å²) < 4.78 is 5.47. The molecule has 0 spiro atoms. The van der Waals surface area contributed by atoms with Gasteiger partial charge in [0.25, 0.3) is 0 Å². The predicted molar refractivity (Wildman–Crippen MR) is 75.1 cm³/mol.